The van der Waals surface area contributed by atoms with E-state index in [-0.39, 0.29) is 5.38 Å². The van der Waals surface area contributed by atoms with Gasteiger partial charge in [-0.25, -0.2) is 0 Å². The second-order valence-corrected chi connectivity index (χ2v) is 5.65. The highest BCUT2D eigenvalue weighted by Gasteiger charge is 2.07. The molecule has 0 bridgehead atoms. The summed E-state index contributed by atoms with van der Waals surface area (Å²) in [6.07, 6.45) is 4.16. The van der Waals surface area contributed by atoms with Crippen LogP contribution in [0.1, 0.15) is 24.0 Å². The number of halogens is 1. The minimum absolute atomic E-state index is 0.186. The fourth-order valence-electron chi connectivity index (χ4n) is 2.33. The van der Waals surface area contributed by atoms with Crippen molar-refractivity contribution in [2.24, 2.45) is 0 Å². The van der Waals surface area contributed by atoms with Gasteiger partial charge in [0.15, 0.2) is 0 Å². The average Bonchev–Trinajstić information content (AvgIpc) is 2.48. The highest BCUT2D eigenvalue weighted by Crippen LogP contribution is 2.18. The molecule has 0 fully saturated rings. The summed E-state index contributed by atoms with van der Waals surface area (Å²) >= 11 is 6.44. The lowest BCUT2D eigenvalue weighted by molar-refractivity contribution is 0.414. The predicted octanol–water partition coefficient (Wildman–Crippen LogP) is 4.87. The van der Waals surface area contributed by atoms with E-state index >= 15 is 0 Å². The number of alkyl halides is 1. The van der Waals surface area contributed by atoms with Crippen LogP contribution in [-0.4, -0.2) is 12.5 Å². The van der Waals surface area contributed by atoms with Gasteiger partial charge in [-0.3, -0.25) is 0 Å². The normalized spacial score (nSPS) is 12.1. The summed E-state index contributed by atoms with van der Waals surface area (Å²) in [5.41, 5.74) is 2.63. The van der Waals surface area contributed by atoms with E-state index in [2.05, 4.69) is 42.5 Å². The summed E-state index contributed by atoms with van der Waals surface area (Å²) in [4.78, 5) is 0. The third-order valence-corrected chi connectivity index (χ3v) is 3.79. The summed E-state index contributed by atoms with van der Waals surface area (Å²) in [6, 6.07) is 18.7. The summed E-state index contributed by atoms with van der Waals surface area (Å²) in [5, 5.41) is 0.186. The summed E-state index contributed by atoms with van der Waals surface area (Å²) in [5.74, 6) is 0.899. The van der Waals surface area contributed by atoms with Crippen molar-refractivity contribution >= 4 is 11.6 Å². The fourth-order valence-corrected chi connectivity index (χ4v) is 2.66. The van der Waals surface area contributed by atoms with Crippen LogP contribution in [0.3, 0.4) is 0 Å². The molecular formula is C18H21ClO. The van der Waals surface area contributed by atoms with Crippen LogP contribution in [0.2, 0.25) is 0 Å². The molecule has 1 nitrogen and oxygen atoms in total. The van der Waals surface area contributed by atoms with Gasteiger partial charge in [-0.2, -0.15) is 0 Å². The first kappa shape index (κ1) is 14.9. The summed E-state index contributed by atoms with van der Waals surface area (Å²) in [7, 11) is 1.69. The number of aryl methyl sites for hydroxylation is 1. The number of hydrogen-bond acceptors (Lipinski definition) is 1. The first-order valence-electron chi connectivity index (χ1n) is 7.09. The van der Waals surface area contributed by atoms with Crippen molar-refractivity contribution in [2.75, 3.05) is 7.11 Å². The Hall–Kier alpha value is -1.47. The molecule has 106 valence electrons. The third kappa shape index (κ3) is 4.90. The molecule has 0 aromatic heterocycles. The molecule has 0 N–H and O–H groups in total. The van der Waals surface area contributed by atoms with Gasteiger partial charge in [-0.05, 0) is 48.9 Å². The highest BCUT2D eigenvalue weighted by molar-refractivity contribution is 6.20. The number of methoxy groups -OCH3 is 1. The van der Waals surface area contributed by atoms with Crippen LogP contribution in [0.25, 0.3) is 0 Å². The first-order valence-corrected chi connectivity index (χ1v) is 7.52. The Kier molecular flexibility index (Phi) is 5.94. The van der Waals surface area contributed by atoms with Crippen molar-refractivity contribution in [1.29, 1.82) is 0 Å². The number of benzene rings is 2. The Morgan fingerprint density at radius 1 is 1.00 bits per heavy atom. The maximum atomic E-state index is 6.44. The zero-order valence-electron chi connectivity index (χ0n) is 11.9. The lowest BCUT2D eigenvalue weighted by Gasteiger charge is -2.10. The standard InChI is InChI=1S/C18H21ClO/c1-20-18-12-6-10-16(14-18)13-17(19)11-5-9-15-7-3-2-4-8-15/h2-4,6-8,10,12,14,17H,5,9,11,13H2,1H3. The number of hydrogen-bond donors (Lipinski definition) is 0. The fraction of sp³-hybridized carbons (Fsp3) is 0.333. The van der Waals surface area contributed by atoms with Gasteiger partial charge in [0.1, 0.15) is 5.75 Å². The van der Waals surface area contributed by atoms with E-state index < -0.39 is 0 Å². The van der Waals surface area contributed by atoms with Crippen LogP contribution < -0.4 is 4.74 Å². The van der Waals surface area contributed by atoms with E-state index in [0.29, 0.717) is 0 Å². The molecule has 0 heterocycles. The van der Waals surface area contributed by atoms with E-state index in [0.717, 1.165) is 31.4 Å². The molecule has 1 atom stereocenters. The van der Waals surface area contributed by atoms with E-state index in [1.54, 1.807) is 7.11 Å². The van der Waals surface area contributed by atoms with Gasteiger partial charge in [-0.1, -0.05) is 42.5 Å². The molecule has 20 heavy (non-hydrogen) atoms. The number of rotatable bonds is 7. The first-order chi connectivity index (χ1) is 9.78. The SMILES string of the molecule is COc1cccc(CC(Cl)CCCc2ccccc2)c1. The van der Waals surface area contributed by atoms with Gasteiger partial charge >= 0.3 is 0 Å². The molecule has 0 saturated heterocycles. The zero-order chi connectivity index (χ0) is 14.2. The lowest BCUT2D eigenvalue weighted by atomic mass is 10.0. The van der Waals surface area contributed by atoms with Gasteiger partial charge < -0.3 is 4.74 Å². The Bertz CT molecular complexity index is 510. The Morgan fingerprint density at radius 3 is 2.50 bits per heavy atom. The minimum Gasteiger partial charge on any atom is -0.497 e. The minimum atomic E-state index is 0.186. The van der Waals surface area contributed by atoms with Gasteiger partial charge in [0.05, 0.1) is 7.11 Å². The lowest BCUT2D eigenvalue weighted by Crippen LogP contribution is -2.04. The molecule has 0 spiro atoms. The molecule has 2 aromatic rings. The van der Waals surface area contributed by atoms with Gasteiger partial charge in [0, 0.05) is 5.38 Å². The van der Waals surface area contributed by atoms with Crippen LogP contribution in [0.5, 0.6) is 5.75 Å². The zero-order valence-corrected chi connectivity index (χ0v) is 12.6. The van der Waals surface area contributed by atoms with Crippen LogP contribution in [0.15, 0.2) is 54.6 Å². The van der Waals surface area contributed by atoms with Crippen LogP contribution in [-0.2, 0) is 12.8 Å². The van der Waals surface area contributed by atoms with E-state index in [9.17, 15) is 0 Å². The monoisotopic (exact) mass is 288 g/mol. The molecule has 0 aliphatic rings. The molecule has 0 radical (unpaired) electrons. The average molecular weight is 289 g/mol. The summed E-state index contributed by atoms with van der Waals surface area (Å²) in [6.45, 7) is 0. The van der Waals surface area contributed by atoms with E-state index in [4.69, 9.17) is 16.3 Å². The van der Waals surface area contributed by atoms with Gasteiger partial charge in [-0.15, -0.1) is 11.6 Å². The molecule has 2 heteroatoms. The largest absolute Gasteiger partial charge is 0.497 e. The molecule has 2 rings (SSSR count). The molecule has 2 aromatic carbocycles. The number of ether oxygens (including phenoxy) is 1. The van der Waals surface area contributed by atoms with Crippen molar-refractivity contribution in [3.63, 3.8) is 0 Å². The molecule has 0 amide bonds. The van der Waals surface area contributed by atoms with Crippen LogP contribution in [0.4, 0.5) is 0 Å². The van der Waals surface area contributed by atoms with Crippen molar-refractivity contribution in [3.8, 4) is 5.75 Å². The van der Waals surface area contributed by atoms with Crippen molar-refractivity contribution in [1.82, 2.24) is 0 Å². The highest BCUT2D eigenvalue weighted by atomic mass is 35.5. The van der Waals surface area contributed by atoms with Crippen molar-refractivity contribution in [3.05, 3.63) is 65.7 Å². The maximum Gasteiger partial charge on any atom is 0.119 e. The Morgan fingerprint density at radius 2 is 1.75 bits per heavy atom. The van der Waals surface area contributed by atoms with E-state index in [1.807, 2.05) is 12.1 Å². The van der Waals surface area contributed by atoms with Gasteiger partial charge in [0.2, 0.25) is 0 Å². The molecule has 0 aliphatic carbocycles. The third-order valence-electron chi connectivity index (χ3n) is 3.42. The summed E-state index contributed by atoms with van der Waals surface area (Å²) < 4.78 is 5.23. The predicted molar refractivity (Wildman–Crippen MR) is 85.7 cm³/mol. The van der Waals surface area contributed by atoms with Crippen molar-refractivity contribution in [2.45, 2.75) is 31.1 Å². The van der Waals surface area contributed by atoms with E-state index in [1.165, 1.54) is 11.1 Å². The van der Waals surface area contributed by atoms with Gasteiger partial charge in [0.25, 0.3) is 0 Å². The molecular weight excluding hydrogens is 268 g/mol. The van der Waals surface area contributed by atoms with Crippen LogP contribution in [0, 0.1) is 0 Å². The van der Waals surface area contributed by atoms with Crippen molar-refractivity contribution < 1.29 is 4.74 Å². The Labute approximate surface area is 126 Å². The molecule has 0 aliphatic heterocycles. The molecule has 0 saturated carbocycles. The Balaban J connectivity index is 1.76. The quantitative estimate of drug-likeness (QED) is 0.661. The maximum absolute atomic E-state index is 6.44. The second kappa shape index (κ2) is 7.96. The smallest absolute Gasteiger partial charge is 0.119 e. The van der Waals surface area contributed by atoms with Crippen LogP contribution >= 0.6 is 11.6 Å². The molecule has 1 unspecified atom stereocenters. The topological polar surface area (TPSA) is 9.23 Å². The second-order valence-electron chi connectivity index (χ2n) is 5.03.